The van der Waals surface area contributed by atoms with Gasteiger partial charge in [-0.05, 0) is 43.4 Å². The van der Waals surface area contributed by atoms with E-state index in [2.05, 4.69) is 27.3 Å². The maximum atomic E-state index is 12.8. The standard InChI is InChI=1S/C20H23N5O/c1-14-4-2-6-16(8-7-14)24-20(26)17-13-23-25-18(9-11-22-19(17)25)15-5-3-10-21-12-15/h3,5,9-14,16H,2,4,6-8H2,1H3,(H,24,26). The first-order chi connectivity index (χ1) is 12.7. The minimum atomic E-state index is -0.0876. The van der Waals surface area contributed by atoms with Crippen molar-refractivity contribution in [2.24, 2.45) is 5.92 Å². The molecular weight excluding hydrogens is 326 g/mol. The van der Waals surface area contributed by atoms with Crippen LogP contribution in [0.4, 0.5) is 0 Å². The Morgan fingerprint density at radius 2 is 2.08 bits per heavy atom. The van der Waals surface area contributed by atoms with Crippen molar-refractivity contribution in [3.8, 4) is 11.3 Å². The van der Waals surface area contributed by atoms with Crippen LogP contribution in [0, 0.1) is 5.92 Å². The van der Waals surface area contributed by atoms with E-state index in [1.807, 2.05) is 18.2 Å². The molecule has 1 aliphatic rings. The highest BCUT2D eigenvalue weighted by atomic mass is 16.1. The molecule has 26 heavy (non-hydrogen) atoms. The van der Waals surface area contributed by atoms with Gasteiger partial charge >= 0.3 is 0 Å². The number of rotatable bonds is 3. The molecule has 0 aliphatic heterocycles. The van der Waals surface area contributed by atoms with E-state index in [-0.39, 0.29) is 11.9 Å². The molecule has 134 valence electrons. The number of hydrogen-bond donors (Lipinski definition) is 1. The zero-order valence-corrected chi connectivity index (χ0v) is 14.9. The van der Waals surface area contributed by atoms with Crippen LogP contribution in [-0.4, -0.2) is 31.5 Å². The summed E-state index contributed by atoms with van der Waals surface area (Å²) in [4.78, 5) is 21.4. The maximum absolute atomic E-state index is 12.8. The minimum absolute atomic E-state index is 0.0876. The lowest BCUT2D eigenvalue weighted by molar-refractivity contribution is 0.0934. The lowest BCUT2D eigenvalue weighted by Crippen LogP contribution is -2.34. The molecule has 1 fully saturated rings. The van der Waals surface area contributed by atoms with Crippen molar-refractivity contribution in [2.45, 2.75) is 45.1 Å². The van der Waals surface area contributed by atoms with Gasteiger partial charge in [-0.15, -0.1) is 0 Å². The van der Waals surface area contributed by atoms with Gasteiger partial charge in [0.1, 0.15) is 5.56 Å². The Labute approximate surface area is 152 Å². The van der Waals surface area contributed by atoms with Crippen LogP contribution in [-0.2, 0) is 0 Å². The van der Waals surface area contributed by atoms with E-state index < -0.39 is 0 Å². The summed E-state index contributed by atoms with van der Waals surface area (Å²) in [5, 5.41) is 7.59. The number of carbonyl (C=O) groups is 1. The number of pyridine rings is 1. The highest BCUT2D eigenvalue weighted by Gasteiger charge is 2.21. The highest BCUT2D eigenvalue weighted by molar-refractivity contribution is 6.00. The second-order valence-corrected chi connectivity index (χ2v) is 7.15. The van der Waals surface area contributed by atoms with E-state index in [9.17, 15) is 4.79 Å². The van der Waals surface area contributed by atoms with Gasteiger partial charge in [-0.3, -0.25) is 9.78 Å². The monoisotopic (exact) mass is 349 g/mol. The summed E-state index contributed by atoms with van der Waals surface area (Å²) >= 11 is 0. The molecule has 3 aromatic heterocycles. The van der Waals surface area contributed by atoms with Crippen molar-refractivity contribution in [3.63, 3.8) is 0 Å². The van der Waals surface area contributed by atoms with E-state index in [0.29, 0.717) is 11.2 Å². The summed E-state index contributed by atoms with van der Waals surface area (Å²) in [6.45, 7) is 2.29. The van der Waals surface area contributed by atoms with Crippen LogP contribution in [0.25, 0.3) is 16.9 Å². The SMILES string of the molecule is CC1CCCC(NC(=O)c2cnn3c(-c4cccnc4)ccnc23)CC1. The molecule has 1 N–H and O–H groups in total. The van der Waals surface area contributed by atoms with Crippen LogP contribution in [0.5, 0.6) is 0 Å². The van der Waals surface area contributed by atoms with E-state index >= 15 is 0 Å². The topological polar surface area (TPSA) is 72.2 Å². The van der Waals surface area contributed by atoms with Gasteiger partial charge in [0.2, 0.25) is 0 Å². The van der Waals surface area contributed by atoms with Gasteiger partial charge < -0.3 is 5.32 Å². The number of fused-ring (bicyclic) bond motifs is 1. The van der Waals surface area contributed by atoms with Crippen LogP contribution < -0.4 is 5.32 Å². The Morgan fingerprint density at radius 3 is 2.92 bits per heavy atom. The third-order valence-corrected chi connectivity index (χ3v) is 5.20. The molecular formula is C20H23N5O. The Kier molecular flexibility index (Phi) is 4.65. The summed E-state index contributed by atoms with van der Waals surface area (Å²) in [6.07, 6.45) is 12.5. The molecule has 6 nitrogen and oxygen atoms in total. The quantitative estimate of drug-likeness (QED) is 0.735. The predicted octanol–water partition coefficient (Wildman–Crippen LogP) is 3.49. The lowest BCUT2D eigenvalue weighted by atomic mass is 10.0. The fraction of sp³-hybridized carbons (Fsp3) is 0.400. The molecule has 3 aromatic rings. The van der Waals surface area contributed by atoms with Gasteiger partial charge in [0.05, 0.1) is 11.9 Å². The van der Waals surface area contributed by atoms with Crippen molar-refractivity contribution in [3.05, 3.63) is 48.5 Å². The molecule has 2 atom stereocenters. The van der Waals surface area contributed by atoms with Gasteiger partial charge in [-0.2, -0.15) is 5.10 Å². The molecule has 0 bridgehead atoms. The lowest BCUT2D eigenvalue weighted by Gasteiger charge is -2.15. The Hall–Kier alpha value is -2.76. The predicted molar refractivity (Wildman–Crippen MR) is 99.7 cm³/mol. The van der Waals surface area contributed by atoms with Gasteiger partial charge in [-0.25, -0.2) is 9.50 Å². The zero-order valence-electron chi connectivity index (χ0n) is 14.9. The first-order valence-corrected chi connectivity index (χ1v) is 9.26. The Bertz CT molecular complexity index is 905. The average molecular weight is 349 g/mol. The molecule has 0 spiro atoms. The number of nitrogens with zero attached hydrogens (tertiary/aromatic N) is 4. The Morgan fingerprint density at radius 1 is 1.15 bits per heavy atom. The van der Waals surface area contributed by atoms with Crippen LogP contribution in [0.15, 0.2) is 43.0 Å². The number of amides is 1. The number of carbonyl (C=O) groups excluding carboxylic acids is 1. The summed E-state index contributed by atoms with van der Waals surface area (Å²) in [5.41, 5.74) is 2.90. The van der Waals surface area contributed by atoms with Crippen molar-refractivity contribution in [2.75, 3.05) is 0 Å². The molecule has 0 aromatic carbocycles. The summed E-state index contributed by atoms with van der Waals surface area (Å²) in [7, 11) is 0. The van der Waals surface area contributed by atoms with Crippen LogP contribution >= 0.6 is 0 Å². The zero-order chi connectivity index (χ0) is 17.9. The summed E-state index contributed by atoms with van der Waals surface area (Å²) in [5.74, 6) is 0.660. The van der Waals surface area contributed by atoms with E-state index in [4.69, 9.17) is 0 Å². The smallest absolute Gasteiger partial charge is 0.256 e. The van der Waals surface area contributed by atoms with Crippen LogP contribution in [0.1, 0.15) is 49.4 Å². The minimum Gasteiger partial charge on any atom is -0.349 e. The number of hydrogen-bond acceptors (Lipinski definition) is 4. The largest absolute Gasteiger partial charge is 0.349 e. The molecule has 0 saturated heterocycles. The Balaban J connectivity index is 1.60. The van der Waals surface area contributed by atoms with Gasteiger partial charge in [0.15, 0.2) is 5.65 Å². The van der Waals surface area contributed by atoms with E-state index in [0.717, 1.165) is 30.0 Å². The molecule has 4 rings (SSSR count). The second-order valence-electron chi connectivity index (χ2n) is 7.15. The second kappa shape index (κ2) is 7.23. The van der Waals surface area contributed by atoms with Crippen LogP contribution in [0.3, 0.4) is 0 Å². The third kappa shape index (κ3) is 3.31. The van der Waals surface area contributed by atoms with Gasteiger partial charge in [-0.1, -0.05) is 19.8 Å². The molecule has 3 heterocycles. The number of aromatic nitrogens is 4. The van der Waals surface area contributed by atoms with Crippen molar-refractivity contribution in [1.82, 2.24) is 24.9 Å². The van der Waals surface area contributed by atoms with E-state index in [1.54, 1.807) is 29.3 Å². The maximum Gasteiger partial charge on any atom is 0.256 e. The highest BCUT2D eigenvalue weighted by Crippen LogP contribution is 2.24. The fourth-order valence-corrected chi connectivity index (χ4v) is 3.68. The molecule has 1 amide bonds. The summed E-state index contributed by atoms with van der Waals surface area (Å²) < 4.78 is 1.71. The van der Waals surface area contributed by atoms with Crippen molar-refractivity contribution >= 4 is 11.6 Å². The molecule has 2 unspecified atom stereocenters. The third-order valence-electron chi connectivity index (χ3n) is 5.20. The first-order valence-electron chi connectivity index (χ1n) is 9.26. The van der Waals surface area contributed by atoms with Gasteiger partial charge in [0, 0.05) is 30.2 Å². The van der Waals surface area contributed by atoms with Gasteiger partial charge in [0.25, 0.3) is 5.91 Å². The van der Waals surface area contributed by atoms with Crippen molar-refractivity contribution in [1.29, 1.82) is 0 Å². The number of nitrogens with one attached hydrogen (secondary N) is 1. The normalized spacial score (nSPS) is 20.7. The van der Waals surface area contributed by atoms with Crippen molar-refractivity contribution < 1.29 is 4.79 Å². The molecule has 6 heteroatoms. The summed E-state index contributed by atoms with van der Waals surface area (Å²) in [6, 6.07) is 5.97. The first kappa shape index (κ1) is 16.7. The van der Waals surface area contributed by atoms with Crippen LogP contribution in [0.2, 0.25) is 0 Å². The van der Waals surface area contributed by atoms with E-state index in [1.165, 1.54) is 19.3 Å². The molecule has 1 aliphatic carbocycles. The molecule has 1 saturated carbocycles. The average Bonchev–Trinajstić information content (AvgIpc) is 3.00. The fourth-order valence-electron chi connectivity index (χ4n) is 3.68. The molecule has 0 radical (unpaired) electrons.